The van der Waals surface area contributed by atoms with Gasteiger partial charge in [0.1, 0.15) is 5.37 Å². The minimum absolute atomic E-state index is 0.445. The normalized spacial score (nSPS) is 20.0. The Labute approximate surface area is 135 Å². The number of nitrogens with one attached hydrogen (secondary N) is 1. The van der Waals surface area contributed by atoms with E-state index in [1.54, 1.807) is 23.1 Å². The van der Waals surface area contributed by atoms with E-state index in [2.05, 4.69) is 19.2 Å². The molecule has 1 aliphatic rings. The zero-order valence-electron chi connectivity index (χ0n) is 12.8. The molecule has 1 fully saturated rings. The highest BCUT2D eigenvalue weighted by atomic mass is 32.2. The van der Waals surface area contributed by atoms with E-state index < -0.39 is 15.2 Å². The Morgan fingerprint density at radius 1 is 1.43 bits per heavy atom. The van der Waals surface area contributed by atoms with Crippen molar-refractivity contribution in [2.45, 2.75) is 32.2 Å². The topological polar surface area (TPSA) is 62.3 Å². The van der Waals surface area contributed by atoms with Crippen LogP contribution in [0, 0.1) is 0 Å². The van der Waals surface area contributed by atoms with Gasteiger partial charge < -0.3 is 10.2 Å². The van der Waals surface area contributed by atoms with Crippen LogP contribution in [0.5, 0.6) is 0 Å². The van der Waals surface area contributed by atoms with E-state index in [1.807, 2.05) is 4.90 Å². The Kier molecular flexibility index (Phi) is 5.93. The lowest BCUT2D eigenvalue weighted by Crippen LogP contribution is -2.47. The van der Waals surface area contributed by atoms with Gasteiger partial charge in [-0.25, -0.2) is 13.4 Å². The first kappa shape index (κ1) is 17.1. The van der Waals surface area contributed by atoms with Crippen LogP contribution in [0.25, 0.3) is 0 Å². The fraction of sp³-hybridized carbons (Fsp3) is 0.769. The standard InChI is InChI=1S/C13H23N3O2S3/c1-4-10-11(8-14-5-2)20-13(15-10)16-6-7-19-9-12(16)21(3,17)18/h12,14H,4-9H2,1-3H3. The zero-order chi connectivity index (χ0) is 15.5. The van der Waals surface area contributed by atoms with Gasteiger partial charge in [0.05, 0.1) is 5.69 Å². The summed E-state index contributed by atoms with van der Waals surface area (Å²) in [7, 11) is -3.09. The molecule has 1 atom stereocenters. The molecule has 0 saturated carbocycles. The summed E-state index contributed by atoms with van der Waals surface area (Å²) < 4.78 is 24.0. The third kappa shape index (κ3) is 4.12. The van der Waals surface area contributed by atoms with E-state index in [0.29, 0.717) is 5.75 Å². The van der Waals surface area contributed by atoms with Crippen molar-refractivity contribution in [2.24, 2.45) is 0 Å². The van der Waals surface area contributed by atoms with Crippen LogP contribution in [-0.4, -0.2) is 49.6 Å². The van der Waals surface area contributed by atoms with Crippen LogP contribution in [0.3, 0.4) is 0 Å². The molecule has 21 heavy (non-hydrogen) atoms. The van der Waals surface area contributed by atoms with E-state index in [4.69, 9.17) is 4.98 Å². The van der Waals surface area contributed by atoms with Gasteiger partial charge in [0.25, 0.3) is 0 Å². The SMILES string of the molecule is CCNCc1sc(N2CCSCC2S(C)(=O)=O)nc1CC. The van der Waals surface area contributed by atoms with Gasteiger partial charge in [-0.05, 0) is 13.0 Å². The van der Waals surface area contributed by atoms with E-state index in [9.17, 15) is 8.42 Å². The first-order valence-electron chi connectivity index (χ1n) is 7.19. The summed E-state index contributed by atoms with van der Waals surface area (Å²) in [5.41, 5.74) is 1.08. The average molecular weight is 350 g/mol. The van der Waals surface area contributed by atoms with E-state index >= 15 is 0 Å². The second kappa shape index (κ2) is 7.30. The van der Waals surface area contributed by atoms with Gasteiger partial charge in [-0.1, -0.05) is 13.8 Å². The van der Waals surface area contributed by atoms with Crippen molar-refractivity contribution in [3.63, 3.8) is 0 Å². The minimum atomic E-state index is -3.09. The molecule has 1 aliphatic heterocycles. The summed E-state index contributed by atoms with van der Waals surface area (Å²) in [5.74, 6) is 1.58. The number of sulfone groups is 1. The molecule has 1 aromatic heterocycles. The van der Waals surface area contributed by atoms with Crippen molar-refractivity contribution in [2.75, 3.05) is 35.8 Å². The summed E-state index contributed by atoms with van der Waals surface area (Å²) in [6.45, 7) is 6.65. The monoisotopic (exact) mass is 349 g/mol. The van der Waals surface area contributed by atoms with Gasteiger partial charge in [0, 0.05) is 35.7 Å². The van der Waals surface area contributed by atoms with Crippen LogP contribution >= 0.6 is 23.1 Å². The number of thioether (sulfide) groups is 1. The van der Waals surface area contributed by atoms with Gasteiger partial charge in [-0.15, -0.1) is 11.3 Å². The van der Waals surface area contributed by atoms with Gasteiger partial charge in [0.2, 0.25) is 0 Å². The summed E-state index contributed by atoms with van der Waals surface area (Å²) >= 11 is 3.33. The molecule has 2 heterocycles. The fourth-order valence-electron chi connectivity index (χ4n) is 2.30. The van der Waals surface area contributed by atoms with E-state index in [1.165, 1.54) is 11.1 Å². The Hall–Kier alpha value is -0.310. The predicted molar refractivity (Wildman–Crippen MR) is 92.2 cm³/mol. The molecule has 2 rings (SSSR count). The lowest BCUT2D eigenvalue weighted by Gasteiger charge is -2.33. The zero-order valence-corrected chi connectivity index (χ0v) is 15.2. The largest absolute Gasteiger partial charge is 0.329 e. The molecular weight excluding hydrogens is 326 g/mol. The van der Waals surface area contributed by atoms with Crippen molar-refractivity contribution < 1.29 is 8.42 Å². The first-order chi connectivity index (χ1) is 9.97. The summed E-state index contributed by atoms with van der Waals surface area (Å²) in [6, 6.07) is 0. The first-order valence-corrected chi connectivity index (χ1v) is 11.1. The molecule has 1 unspecified atom stereocenters. The number of nitrogens with zero attached hydrogens (tertiary/aromatic N) is 2. The van der Waals surface area contributed by atoms with Gasteiger partial charge in [0.15, 0.2) is 15.0 Å². The summed E-state index contributed by atoms with van der Waals surface area (Å²) in [4.78, 5) is 7.90. The van der Waals surface area contributed by atoms with E-state index in [0.717, 1.165) is 42.6 Å². The van der Waals surface area contributed by atoms with E-state index in [-0.39, 0.29) is 0 Å². The Morgan fingerprint density at radius 2 is 2.19 bits per heavy atom. The quantitative estimate of drug-likeness (QED) is 0.844. The molecule has 5 nitrogen and oxygen atoms in total. The fourth-order valence-corrected chi connectivity index (χ4v) is 6.38. The molecule has 0 spiro atoms. The summed E-state index contributed by atoms with van der Waals surface area (Å²) in [6.07, 6.45) is 2.20. The average Bonchev–Trinajstić information content (AvgIpc) is 2.87. The minimum Gasteiger partial charge on any atom is -0.329 e. The molecule has 0 bridgehead atoms. The Bertz CT molecular complexity index is 571. The van der Waals surface area contributed by atoms with Gasteiger partial charge in [-0.3, -0.25) is 0 Å². The van der Waals surface area contributed by atoms with Crippen LogP contribution in [-0.2, 0) is 22.8 Å². The Morgan fingerprint density at radius 3 is 2.81 bits per heavy atom. The van der Waals surface area contributed by atoms with Crippen molar-refractivity contribution >= 4 is 38.1 Å². The molecule has 120 valence electrons. The molecule has 0 amide bonds. The molecular formula is C13H23N3O2S3. The van der Waals surface area contributed by atoms with Crippen molar-refractivity contribution in [1.82, 2.24) is 10.3 Å². The highest BCUT2D eigenvalue weighted by Crippen LogP contribution is 2.32. The van der Waals surface area contributed by atoms with Crippen LogP contribution < -0.4 is 10.2 Å². The van der Waals surface area contributed by atoms with Gasteiger partial charge in [-0.2, -0.15) is 11.8 Å². The second-order valence-corrected chi connectivity index (χ2v) is 9.47. The maximum atomic E-state index is 12.0. The maximum absolute atomic E-state index is 12.0. The molecule has 1 N–H and O–H groups in total. The second-order valence-electron chi connectivity index (χ2n) is 5.05. The lowest BCUT2D eigenvalue weighted by molar-refractivity contribution is 0.584. The predicted octanol–water partition coefficient (Wildman–Crippen LogP) is 1.74. The number of aryl methyl sites for hydroxylation is 1. The number of hydrogen-bond donors (Lipinski definition) is 1. The van der Waals surface area contributed by atoms with Crippen molar-refractivity contribution in [1.29, 1.82) is 0 Å². The third-order valence-corrected chi connectivity index (χ3v) is 7.24. The molecule has 8 heteroatoms. The number of thiazole rings is 1. The van der Waals surface area contributed by atoms with Crippen molar-refractivity contribution in [3.05, 3.63) is 10.6 Å². The maximum Gasteiger partial charge on any atom is 0.186 e. The van der Waals surface area contributed by atoms with Gasteiger partial charge >= 0.3 is 0 Å². The molecule has 0 radical (unpaired) electrons. The molecule has 1 aromatic rings. The smallest absolute Gasteiger partial charge is 0.186 e. The molecule has 0 aliphatic carbocycles. The van der Waals surface area contributed by atoms with Crippen LogP contribution in [0.1, 0.15) is 24.4 Å². The number of aromatic nitrogens is 1. The number of hydrogen-bond acceptors (Lipinski definition) is 7. The van der Waals surface area contributed by atoms with Crippen LogP contribution in [0.2, 0.25) is 0 Å². The highest BCUT2D eigenvalue weighted by Gasteiger charge is 2.33. The summed E-state index contributed by atoms with van der Waals surface area (Å²) in [5, 5.41) is 3.74. The Balaban J connectivity index is 2.28. The molecule has 0 aromatic carbocycles. The highest BCUT2D eigenvalue weighted by molar-refractivity contribution is 8.01. The van der Waals surface area contributed by atoms with Crippen molar-refractivity contribution in [3.8, 4) is 0 Å². The number of anilines is 1. The molecule has 1 saturated heterocycles. The van der Waals surface area contributed by atoms with Crippen LogP contribution in [0.15, 0.2) is 0 Å². The number of rotatable bonds is 6. The lowest BCUT2D eigenvalue weighted by atomic mass is 10.3. The third-order valence-electron chi connectivity index (χ3n) is 3.46. The van der Waals surface area contributed by atoms with Crippen LogP contribution in [0.4, 0.5) is 5.13 Å².